The third kappa shape index (κ3) is 24.9. The first-order chi connectivity index (χ1) is 29.0. The van der Waals surface area contributed by atoms with Crippen LogP contribution in [-0.4, -0.2) is 49.3 Å². The summed E-state index contributed by atoms with van der Waals surface area (Å²) in [5.74, 6) is 3.72. The second-order valence-electron chi connectivity index (χ2n) is 16.8. The average molecular weight is 866 g/mol. The van der Waals surface area contributed by atoms with Crippen molar-refractivity contribution in [3.05, 3.63) is 45.8 Å². The van der Waals surface area contributed by atoms with E-state index in [4.69, 9.17) is 33.1 Å². The van der Waals surface area contributed by atoms with Crippen molar-refractivity contribution in [1.29, 1.82) is 0 Å². The molecule has 0 aliphatic rings. The lowest BCUT2D eigenvalue weighted by Crippen LogP contribution is -2.29. The summed E-state index contributed by atoms with van der Waals surface area (Å²) >= 11 is 0. The highest BCUT2D eigenvalue weighted by atomic mass is 31.2. The lowest BCUT2D eigenvalue weighted by atomic mass is 10.0. The van der Waals surface area contributed by atoms with E-state index >= 15 is 0 Å². The fourth-order valence-corrected chi connectivity index (χ4v) is 8.24. The smallest absolute Gasteiger partial charge is 0.466 e. The number of phosphoric ester groups is 1. The molecule has 0 spiro atoms. The molecule has 2 aromatic heterocycles. The van der Waals surface area contributed by atoms with Crippen LogP contribution in [0.3, 0.4) is 0 Å². The van der Waals surface area contributed by atoms with E-state index in [1.54, 1.807) is 0 Å². The van der Waals surface area contributed by atoms with Gasteiger partial charge in [-0.3, -0.25) is 18.6 Å². The molecule has 0 aliphatic carbocycles. The van der Waals surface area contributed by atoms with Crippen LogP contribution in [0.4, 0.5) is 0 Å². The highest BCUT2D eigenvalue weighted by Crippen LogP contribution is 2.43. The topological polar surface area (TPSA) is 161 Å². The molecule has 0 radical (unpaired) electrons. The van der Waals surface area contributed by atoms with E-state index in [0.717, 1.165) is 94.3 Å². The van der Waals surface area contributed by atoms with Gasteiger partial charge in [0.25, 0.3) is 0 Å². The molecule has 2 atom stereocenters. The van der Waals surface area contributed by atoms with Crippen LogP contribution in [-0.2, 0) is 58.4 Å². The minimum Gasteiger partial charge on any atom is -0.466 e. The van der Waals surface area contributed by atoms with Crippen LogP contribution in [0.1, 0.15) is 208 Å². The largest absolute Gasteiger partial charge is 0.472 e. The van der Waals surface area contributed by atoms with Crippen LogP contribution in [0, 0.1) is 20.8 Å². The molecule has 0 saturated carbocycles. The number of aryl methyl sites for hydroxylation is 5. The van der Waals surface area contributed by atoms with E-state index in [-0.39, 0.29) is 32.6 Å². The van der Waals surface area contributed by atoms with E-state index in [0.29, 0.717) is 12.8 Å². The molecular formula is C48H84NO10P. The summed E-state index contributed by atoms with van der Waals surface area (Å²) < 4.78 is 45.3. The second-order valence-corrected chi connectivity index (χ2v) is 18.2. The quantitative estimate of drug-likeness (QED) is 0.0374. The van der Waals surface area contributed by atoms with E-state index < -0.39 is 32.5 Å². The van der Waals surface area contributed by atoms with Gasteiger partial charge in [0.15, 0.2) is 6.10 Å². The van der Waals surface area contributed by atoms with Crippen LogP contribution in [0.25, 0.3) is 0 Å². The molecule has 346 valence electrons. The summed E-state index contributed by atoms with van der Waals surface area (Å²) in [5, 5.41) is 0. The third-order valence-corrected chi connectivity index (χ3v) is 12.3. The third-order valence-electron chi connectivity index (χ3n) is 11.3. The maximum absolute atomic E-state index is 12.7. The summed E-state index contributed by atoms with van der Waals surface area (Å²) in [4.78, 5) is 35.2. The van der Waals surface area contributed by atoms with Crippen molar-refractivity contribution >= 4 is 19.8 Å². The van der Waals surface area contributed by atoms with Gasteiger partial charge in [-0.2, -0.15) is 0 Å². The number of phosphoric acid groups is 1. The maximum atomic E-state index is 12.7. The fourth-order valence-electron chi connectivity index (χ4n) is 7.48. The van der Waals surface area contributed by atoms with Gasteiger partial charge in [0, 0.05) is 45.1 Å². The number of hydrogen-bond acceptors (Lipinski definition) is 10. The number of rotatable bonds is 39. The van der Waals surface area contributed by atoms with Gasteiger partial charge in [0.2, 0.25) is 0 Å². The SMILES string of the molecule is CCCCCc1cc(C)c(CCCCCCCCCCCCC(=O)O[C@H](COC(=O)CCCCCCCCc2oc(CCCCC)c(C)c2C)COP(=O)(O)OCCN)o1. The molecule has 2 aromatic rings. The van der Waals surface area contributed by atoms with Gasteiger partial charge >= 0.3 is 19.8 Å². The molecule has 12 heteroatoms. The first kappa shape index (κ1) is 53.7. The molecule has 0 amide bonds. The standard InChI is InChI=1S/C48H84NO10P/c1-6-8-22-28-42-36-39(3)44(57-42)29-24-18-14-12-10-11-13-15-21-27-33-48(51)58-43(38-56-60(52,53)55-35-34-49)37-54-47(50)32-26-20-17-16-19-25-31-46-41(5)40(4)45(59-46)30-23-9-7-2/h36,43H,6-35,37-38,49H2,1-5H3,(H,52,53)/t43-/m1/s1. The molecule has 0 saturated heterocycles. The number of hydrogen-bond donors (Lipinski definition) is 2. The summed E-state index contributed by atoms with van der Waals surface area (Å²) in [7, 11) is -4.40. The van der Waals surface area contributed by atoms with Crippen molar-refractivity contribution in [3.63, 3.8) is 0 Å². The second kappa shape index (κ2) is 33.2. The number of esters is 2. The van der Waals surface area contributed by atoms with Gasteiger partial charge in [-0.1, -0.05) is 117 Å². The zero-order valence-corrected chi connectivity index (χ0v) is 39.3. The average Bonchev–Trinajstić information content (AvgIpc) is 3.71. The van der Waals surface area contributed by atoms with Crippen LogP contribution >= 0.6 is 7.82 Å². The van der Waals surface area contributed by atoms with Crippen LogP contribution in [0.5, 0.6) is 0 Å². The lowest BCUT2D eigenvalue weighted by Gasteiger charge is -2.19. The Kier molecular flexibility index (Phi) is 29.7. The highest BCUT2D eigenvalue weighted by molar-refractivity contribution is 7.47. The summed E-state index contributed by atoms with van der Waals surface area (Å²) in [6, 6.07) is 2.22. The number of ether oxygens (including phenoxy) is 2. The maximum Gasteiger partial charge on any atom is 0.472 e. The number of unbranched alkanes of at least 4 members (excludes halogenated alkanes) is 18. The predicted molar refractivity (Wildman–Crippen MR) is 240 cm³/mol. The highest BCUT2D eigenvalue weighted by Gasteiger charge is 2.26. The Morgan fingerprint density at radius 3 is 1.62 bits per heavy atom. The molecule has 2 heterocycles. The Labute approximate surface area is 363 Å². The number of carbonyl (C=O) groups is 2. The van der Waals surface area contributed by atoms with Gasteiger partial charge < -0.3 is 28.9 Å². The summed E-state index contributed by atoms with van der Waals surface area (Å²) in [5.41, 5.74) is 9.27. The van der Waals surface area contributed by atoms with Gasteiger partial charge in [-0.05, 0) is 82.1 Å². The Balaban J connectivity index is 1.57. The first-order valence-electron chi connectivity index (χ1n) is 23.8. The van der Waals surface area contributed by atoms with E-state index in [9.17, 15) is 19.0 Å². The van der Waals surface area contributed by atoms with Crippen molar-refractivity contribution in [2.45, 2.75) is 221 Å². The van der Waals surface area contributed by atoms with E-state index in [2.05, 4.69) is 40.7 Å². The van der Waals surface area contributed by atoms with E-state index in [1.165, 1.54) is 99.5 Å². The molecule has 0 fully saturated rings. The van der Waals surface area contributed by atoms with Crippen molar-refractivity contribution in [2.24, 2.45) is 5.73 Å². The predicted octanol–water partition coefficient (Wildman–Crippen LogP) is 12.6. The van der Waals surface area contributed by atoms with Gasteiger partial charge in [0.1, 0.15) is 29.6 Å². The molecular weight excluding hydrogens is 781 g/mol. The Hall–Kier alpha value is -2.43. The lowest BCUT2D eigenvalue weighted by molar-refractivity contribution is -0.161. The monoisotopic (exact) mass is 866 g/mol. The molecule has 2 rings (SSSR count). The molecule has 11 nitrogen and oxygen atoms in total. The van der Waals surface area contributed by atoms with Crippen molar-refractivity contribution in [1.82, 2.24) is 0 Å². The Bertz CT molecular complexity index is 1470. The Morgan fingerprint density at radius 2 is 1.08 bits per heavy atom. The van der Waals surface area contributed by atoms with Crippen LogP contribution in [0.2, 0.25) is 0 Å². The minimum atomic E-state index is -4.40. The summed E-state index contributed by atoms with van der Waals surface area (Å²) in [6.07, 6.45) is 27.8. The molecule has 60 heavy (non-hydrogen) atoms. The van der Waals surface area contributed by atoms with Crippen molar-refractivity contribution in [3.8, 4) is 0 Å². The number of carbonyl (C=O) groups excluding carboxylic acids is 2. The van der Waals surface area contributed by atoms with Crippen molar-refractivity contribution < 1.29 is 46.4 Å². The molecule has 0 bridgehead atoms. The van der Waals surface area contributed by atoms with Gasteiger partial charge in [0.05, 0.1) is 13.2 Å². The Morgan fingerprint density at radius 1 is 0.617 bits per heavy atom. The number of nitrogens with two attached hydrogens (primary N) is 1. The minimum absolute atomic E-state index is 0.0429. The molecule has 0 aliphatic heterocycles. The zero-order chi connectivity index (χ0) is 43.9. The normalized spacial score (nSPS) is 13.1. The number of furan rings is 2. The first-order valence-corrected chi connectivity index (χ1v) is 25.3. The van der Waals surface area contributed by atoms with Crippen LogP contribution < -0.4 is 5.73 Å². The van der Waals surface area contributed by atoms with Crippen LogP contribution in [0.15, 0.2) is 14.9 Å². The van der Waals surface area contributed by atoms with E-state index in [1.807, 2.05) is 0 Å². The van der Waals surface area contributed by atoms with Crippen molar-refractivity contribution in [2.75, 3.05) is 26.4 Å². The van der Waals surface area contributed by atoms with Gasteiger partial charge in [-0.25, -0.2) is 4.57 Å². The zero-order valence-electron chi connectivity index (χ0n) is 38.4. The molecule has 1 unspecified atom stereocenters. The molecule has 3 N–H and O–H groups in total. The summed E-state index contributed by atoms with van der Waals surface area (Å²) in [6.45, 7) is 10.1. The fraction of sp³-hybridized carbons (Fsp3) is 0.792. The molecule has 0 aromatic carbocycles. The van der Waals surface area contributed by atoms with Gasteiger partial charge in [-0.15, -0.1) is 0 Å².